The first-order valence-corrected chi connectivity index (χ1v) is 6.84. The Kier molecular flexibility index (Phi) is 3.21. The third-order valence-electron chi connectivity index (χ3n) is 3.90. The second-order valence-corrected chi connectivity index (χ2v) is 5.37. The van der Waals surface area contributed by atoms with E-state index in [0.717, 1.165) is 5.82 Å². The van der Waals surface area contributed by atoms with Crippen LogP contribution in [0.15, 0.2) is 18.2 Å². The Morgan fingerprint density at radius 2 is 2.18 bits per heavy atom. The van der Waals surface area contributed by atoms with Gasteiger partial charge in [-0.1, -0.05) is 24.1 Å². The topological polar surface area (TPSA) is 28.2 Å². The molecule has 0 bridgehead atoms. The van der Waals surface area contributed by atoms with E-state index in [2.05, 4.69) is 15.2 Å². The average Bonchev–Trinajstić information content (AvgIpc) is 2.73. The molecule has 0 radical (unpaired) electrons. The summed E-state index contributed by atoms with van der Waals surface area (Å²) in [5, 5.41) is 4.11. The van der Waals surface area contributed by atoms with E-state index in [-0.39, 0.29) is 0 Å². The molecule has 2 aliphatic heterocycles. The second kappa shape index (κ2) is 4.83. The first-order chi connectivity index (χ1) is 8.33. The van der Waals surface area contributed by atoms with Crippen molar-refractivity contribution in [1.29, 1.82) is 0 Å². The number of pyridine rings is 1. The lowest BCUT2D eigenvalue weighted by Crippen LogP contribution is -2.41. The summed E-state index contributed by atoms with van der Waals surface area (Å²) in [5.41, 5.74) is 0. The molecule has 0 amide bonds. The molecule has 4 heteroatoms. The minimum atomic E-state index is 0.543. The Morgan fingerprint density at radius 1 is 1.24 bits per heavy atom. The van der Waals surface area contributed by atoms with Crippen molar-refractivity contribution in [3.63, 3.8) is 0 Å². The van der Waals surface area contributed by atoms with Gasteiger partial charge in [-0.05, 0) is 37.9 Å². The Bertz CT molecular complexity index is 396. The normalized spacial score (nSPS) is 29.0. The zero-order valence-electron chi connectivity index (χ0n) is 9.90. The van der Waals surface area contributed by atoms with E-state index < -0.39 is 0 Å². The van der Waals surface area contributed by atoms with Gasteiger partial charge in [0.1, 0.15) is 11.0 Å². The van der Waals surface area contributed by atoms with Gasteiger partial charge in [-0.15, -0.1) is 0 Å². The highest BCUT2D eigenvalue weighted by Crippen LogP contribution is 2.29. The third-order valence-corrected chi connectivity index (χ3v) is 4.11. The molecule has 1 aromatic heterocycles. The van der Waals surface area contributed by atoms with Crippen LogP contribution >= 0.6 is 11.6 Å². The zero-order valence-corrected chi connectivity index (χ0v) is 10.7. The molecule has 0 aliphatic carbocycles. The van der Waals surface area contributed by atoms with Gasteiger partial charge in [0, 0.05) is 18.6 Å². The number of hydrogen-bond acceptors (Lipinski definition) is 3. The van der Waals surface area contributed by atoms with Crippen LogP contribution in [0, 0.1) is 0 Å². The molecular formula is C13H18ClN3. The summed E-state index contributed by atoms with van der Waals surface area (Å²) >= 11 is 5.91. The molecule has 1 N–H and O–H groups in total. The van der Waals surface area contributed by atoms with E-state index in [1.54, 1.807) is 0 Å². The number of anilines is 1. The first kappa shape index (κ1) is 11.3. The predicted octanol–water partition coefficient (Wildman–Crippen LogP) is 2.77. The van der Waals surface area contributed by atoms with Crippen molar-refractivity contribution in [3.05, 3.63) is 23.4 Å². The Labute approximate surface area is 107 Å². The van der Waals surface area contributed by atoms with E-state index in [4.69, 9.17) is 11.6 Å². The van der Waals surface area contributed by atoms with Crippen molar-refractivity contribution in [2.24, 2.45) is 0 Å². The van der Waals surface area contributed by atoms with Crippen molar-refractivity contribution in [2.45, 2.75) is 37.8 Å². The number of piperidine rings is 1. The fourth-order valence-electron chi connectivity index (χ4n) is 3.09. The molecule has 2 aliphatic rings. The molecule has 2 saturated heterocycles. The highest BCUT2D eigenvalue weighted by Gasteiger charge is 2.35. The molecule has 3 rings (SSSR count). The number of rotatable bonds is 2. The van der Waals surface area contributed by atoms with Crippen LogP contribution < -0.4 is 5.32 Å². The highest BCUT2D eigenvalue weighted by atomic mass is 35.5. The van der Waals surface area contributed by atoms with Crippen molar-refractivity contribution < 1.29 is 0 Å². The lowest BCUT2D eigenvalue weighted by molar-refractivity contribution is 0.192. The number of aromatic nitrogens is 1. The summed E-state index contributed by atoms with van der Waals surface area (Å²) in [4.78, 5) is 6.93. The number of halogens is 1. The predicted molar refractivity (Wildman–Crippen MR) is 70.5 cm³/mol. The molecule has 2 atom stereocenters. The average molecular weight is 252 g/mol. The summed E-state index contributed by atoms with van der Waals surface area (Å²) in [5.74, 6) is 0.912. The quantitative estimate of drug-likeness (QED) is 0.820. The van der Waals surface area contributed by atoms with Crippen LogP contribution in [0.2, 0.25) is 5.15 Å². The standard InChI is InChI=1S/C13H18ClN3/c14-12-5-3-6-13(16-12)15-10-7-9-17-8-2-1-4-11(10)17/h3,5-6,10-11H,1-2,4,7-9H2,(H,15,16). The van der Waals surface area contributed by atoms with Crippen LogP contribution in [0.5, 0.6) is 0 Å². The van der Waals surface area contributed by atoms with Gasteiger partial charge in [0.15, 0.2) is 0 Å². The van der Waals surface area contributed by atoms with Crippen LogP contribution in [0.1, 0.15) is 25.7 Å². The Morgan fingerprint density at radius 3 is 3.06 bits per heavy atom. The van der Waals surface area contributed by atoms with Crippen molar-refractivity contribution in [1.82, 2.24) is 9.88 Å². The summed E-state index contributed by atoms with van der Waals surface area (Å²) in [6.45, 7) is 2.49. The van der Waals surface area contributed by atoms with E-state index in [9.17, 15) is 0 Å². The molecule has 0 spiro atoms. The van der Waals surface area contributed by atoms with Crippen molar-refractivity contribution in [2.75, 3.05) is 18.4 Å². The summed E-state index contributed by atoms with van der Waals surface area (Å²) < 4.78 is 0. The van der Waals surface area contributed by atoms with Crippen LogP contribution in [-0.2, 0) is 0 Å². The van der Waals surface area contributed by atoms with Gasteiger partial charge in [-0.2, -0.15) is 0 Å². The summed E-state index contributed by atoms with van der Waals surface area (Å²) in [7, 11) is 0. The summed E-state index contributed by atoms with van der Waals surface area (Å²) in [6.07, 6.45) is 5.26. The fourth-order valence-corrected chi connectivity index (χ4v) is 3.26. The number of nitrogens with zero attached hydrogens (tertiary/aromatic N) is 2. The van der Waals surface area contributed by atoms with E-state index >= 15 is 0 Å². The molecule has 3 heterocycles. The monoisotopic (exact) mass is 251 g/mol. The van der Waals surface area contributed by atoms with Gasteiger partial charge in [0.2, 0.25) is 0 Å². The SMILES string of the molecule is Clc1cccc(NC2CCN3CCCCC23)n1. The molecule has 0 saturated carbocycles. The summed E-state index contributed by atoms with van der Waals surface area (Å²) in [6, 6.07) is 7.00. The van der Waals surface area contributed by atoms with Crippen LogP contribution in [0.4, 0.5) is 5.82 Å². The molecular weight excluding hydrogens is 234 g/mol. The maximum atomic E-state index is 5.91. The molecule has 2 fully saturated rings. The van der Waals surface area contributed by atoms with Crippen LogP contribution in [-0.4, -0.2) is 35.1 Å². The maximum Gasteiger partial charge on any atom is 0.131 e. The van der Waals surface area contributed by atoms with Gasteiger partial charge in [-0.25, -0.2) is 4.98 Å². The zero-order chi connectivity index (χ0) is 11.7. The van der Waals surface area contributed by atoms with Gasteiger partial charge < -0.3 is 5.32 Å². The number of nitrogens with one attached hydrogen (secondary N) is 1. The van der Waals surface area contributed by atoms with Crippen molar-refractivity contribution >= 4 is 17.4 Å². The molecule has 2 unspecified atom stereocenters. The first-order valence-electron chi connectivity index (χ1n) is 6.46. The van der Waals surface area contributed by atoms with E-state index in [0.29, 0.717) is 17.2 Å². The molecule has 3 nitrogen and oxygen atoms in total. The Balaban J connectivity index is 1.69. The lowest BCUT2D eigenvalue weighted by Gasteiger charge is -2.32. The molecule has 0 aromatic carbocycles. The van der Waals surface area contributed by atoms with E-state index in [1.807, 2.05) is 18.2 Å². The van der Waals surface area contributed by atoms with Gasteiger partial charge in [0.05, 0.1) is 0 Å². The highest BCUT2D eigenvalue weighted by molar-refractivity contribution is 6.29. The van der Waals surface area contributed by atoms with Gasteiger partial charge >= 0.3 is 0 Å². The van der Waals surface area contributed by atoms with E-state index in [1.165, 1.54) is 38.8 Å². The second-order valence-electron chi connectivity index (χ2n) is 4.98. The Hall–Kier alpha value is -0.800. The molecule has 92 valence electrons. The number of fused-ring (bicyclic) bond motifs is 1. The molecule has 17 heavy (non-hydrogen) atoms. The smallest absolute Gasteiger partial charge is 0.131 e. The third kappa shape index (κ3) is 2.40. The van der Waals surface area contributed by atoms with Crippen LogP contribution in [0.3, 0.4) is 0 Å². The molecule has 1 aromatic rings. The fraction of sp³-hybridized carbons (Fsp3) is 0.615. The minimum Gasteiger partial charge on any atom is -0.366 e. The van der Waals surface area contributed by atoms with Crippen molar-refractivity contribution in [3.8, 4) is 0 Å². The minimum absolute atomic E-state index is 0.543. The van der Waals surface area contributed by atoms with Crippen LogP contribution in [0.25, 0.3) is 0 Å². The lowest BCUT2D eigenvalue weighted by atomic mass is 9.99. The largest absolute Gasteiger partial charge is 0.366 e. The maximum absolute atomic E-state index is 5.91. The van der Waals surface area contributed by atoms with Gasteiger partial charge in [-0.3, -0.25) is 4.90 Å². The number of hydrogen-bond donors (Lipinski definition) is 1. The van der Waals surface area contributed by atoms with Gasteiger partial charge in [0.25, 0.3) is 0 Å².